The Morgan fingerprint density at radius 3 is 1.89 bits per heavy atom. The zero-order valence-electron chi connectivity index (χ0n) is 16.7. The summed E-state index contributed by atoms with van der Waals surface area (Å²) in [5.41, 5.74) is 11.9. The minimum Gasteiger partial charge on any atom is -0.372 e. The molecule has 0 saturated carbocycles. The molecule has 7 nitrogen and oxygen atoms in total. The summed E-state index contributed by atoms with van der Waals surface area (Å²) in [5.74, 6) is 0. The van der Waals surface area contributed by atoms with E-state index in [1.807, 2.05) is 31.2 Å². The predicted molar refractivity (Wildman–Crippen MR) is 119 cm³/mol. The third kappa shape index (κ3) is 14.6. The van der Waals surface area contributed by atoms with E-state index in [1.165, 1.54) is 24.1 Å². The maximum absolute atomic E-state index is 10.3. The van der Waals surface area contributed by atoms with E-state index in [0.29, 0.717) is 6.54 Å². The fourth-order valence-corrected chi connectivity index (χ4v) is 2.16. The van der Waals surface area contributed by atoms with Gasteiger partial charge in [0.25, 0.3) is 13.5 Å². The second-order valence-corrected chi connectivity index (χ2v) is 6.86. The second kappa shape index (κ2) is 17.8. The fourth-order valence-electron chi connectivity index (χ4n) is 1.67. The van der Waals surface area contributed by atoms with Gasteiger partial charge in [0.05, 0.1) is 4.92 Å². The first-order valence-corrected chi connectivity index (χ1v) is 10.2. The monoisotopic (exact) mass is 408 g/mol. The third-order valence-electron chi connectivity index (χ3n) is 2.91. The van der Waals surface area contributed by atoms with E-state index in [2.05, 4.69) is 25.9 Å². The minimum atomic E-state index is -1.16. The van der Waals surface area contributed by atoms with Crippen molar-refractivity contribution in [3.63, 3.8) is 0 Å². The maximum atomic E-state index is 10.3. The molecule has 154 valence electrons. The number of benzene rings is 2. The Labute approximate surface area is 168 Å². The Bertz CT molecular complexity index is 690. The van der Waals surface area contributed by atoms with Gasteiger partial charge in [0.2, 0.25) is 6.41 Å². The van der Waals surface area contributed by atoms with E-state index in [4.69, 9.17) is 15.4 Å². The number of amides is 1. The van der Waals surface area contributed by atoms with Crippen LogP contribution in [-0.4, -0.2) is 29.1 Å². The molecule has 0 fully saturated rings. The number of hydrogen-bond donors (Lipinski definition) is 3. The highest BCUT2D eigenvalue weighted by atomic mass is 31.1. The van der Waals surface area contributed by atoms with Crippen LogP contribution in [0.2, 0.25) is 0 Å². The molecule has 5 N–H and O–H groups in total. The summed E-state index contributed by atoms with van der Waals surface area (Å²) in [6, 6.07) is 14.2. The van der Waals surface area contributed by atoms with Crippen LogP contribution in [0.4, 0.5) is 5.69 Å². The van der Waals surface area contributed by atoms with Crippen molar-refractivity contribution in [3.8, 4) is 0 Å². The summed E-state index contributed by atoms with van der Waals surface area (Å²) in [6.07, 6.45) is 5.82. The Morgan fingerprint density at radius 1 is 1.14 bits per heavy atom. The molecule has 1 amide bonds. The number of carbonyl (C=O) groups is 1. The van der Waals surface area contributed by atoms with Crippen molar-refractivity contribution in [1.29, 1.82) is 0 Å². The molecule has 8 heteroatoms. The van der Waals surface area contributed by atoms with Crippen molar-refractivity contribution in [1.82, 2.24) is 0 Å². The van der Waals surface area contributed by atoms with Crippen LogP contribution in [0.3, 0.4) is 0 Å². The summed E-state index contributed by atoms with van der Waals surface area (Å²) in [7, 11) is -1.16. The van der Waals surface area contributed by atoms with Crippen LogP contribution in [0.25, 0.3) is 0 Å². The van der Waals surface area contributed by atoms with Crippen LogP contribution in [0, 0.1) is 17.0 Å². The average molecular weight is 408 g/mol. The van der Waals surface area contributed by atoms with Crippen molar-refractivity contribution in [3.05, 3.63) is 69.8 Å². The standard InChI is InChI=1S/C8H10N2O2.C8H10OP.C3H8.CH3NO/c9-6-5-7-1-3-8(4-2-7)10(11)12;1-7-3-5-8(6-4-7)10(2)9;1-3-2;2-1-3/h1-4H,5-6,9H2;3-6,9H,2H2,1H3;3H2,1-2H3;1H,(H2,2,3)/q;+1;;. The van der Waals surface area contributed by atoms with Crippen LogP contribution in [0.15, 0.2) is 48.5 Å². The van der Waals surface area contributed by atoms with Crippen molar-refractivity contribution in [2.24, 2.45) is 11.5 Å². The summed E-state index contributed by atoms with van der Waals surface area (Å²) < 4.78 is 0. The highest BCUT2D eigenvalue weighted by Gasteiger charge is 2.04. The van der Waals surface area contributed by atoms with Gasteiger partial charge in [-0.25, -0.2) is 0 Å². The van der Waals surface area contributed by atoms with Crippen LogP contribution in [-0.2, 0) is 11.2 Å². The van der Waals surface area contributed by atoms with Gasteiger partial charge in [0.1, 0.15) is 6.30 Å². The first-order chi connectivity index (χ1) is 13.3. The van der Waals surface area contributed by atoms with E-state index < -0.39 is 12.7 Å². The molecule has 0 radical (unpaired) electrons. The quantitative estimate of drug-likeness (QED) is 0.309. The van der Waals surface area contributed by atoms with Crippen LogP contribution >= 0.6 is 7.77 Å². The normalized spacial score (nSPS) is 9.25. The summed E-state index contributed by atoms with van der Waals surface area (Å²) in [6.45, 7) is 6.84. The van der Waals surface area contributed by atoms with Gasteiger partial charge < -0.3 is 11.5 Å². The molecule has 0 bridgehead atoms. The number of nitro benzene ring substituents is 1. The number of nitrogens with two attached hydrogens (primary N) is 2. The van der Waals surface area contributed by atoms with Crippen LogP contribution in [0.1, 0.15) is 31.4 Å². The lowest BCUT2D eigenvalue weighted by Crippen LogP contribution is -2.02. The molecular weight excluding hydrogens is 377 g/mol. The molecule has 0 aliphatic carbocycles. The van der Waals surface area contributed by atoms with E-state index in [1.54, 1.807) is 12.1 Å². The number of nitrogens with zero attached hydrogens (tertiary/aromatic N) is 1. The second-order valence-electron chi connectivity index (χ2n) is 5.54. The van der Waals surface area contributed by atoms with E-state index in [-0.39, 0.29) is 12.1 Å². The molecule has 2 aromatic rings. The van der Waals surface area contributed by atoms with Gasteiger partial charge >= 0.3 is 0 Å². The number of carbonyl (C=O) groups excluding carboxylic acids is 1. The fraction of sp³-hybridized carbons (Fsp3) is 0.300. The van der Waals surface area contributed by atoms with Gasteiger partial charge in [0.15, 0.2) is 5.30 Å². The number of rotatable bonds is 4. The Kier molecular flexibility index (Phi) is 17.6. The number of nitro groups is 1. The van der Waals surface area contributed by atoms with Crippen molar-refractivity contribution in [2.45, 2.75) is 33.6 Å². The molecule has 0 aliphatic heterocycles. The number of hydrogen-bond acceptors (Lipinski definition) is 5. The zero-order chi connectivity index (χ0) is 21.9. The molecule has 1 unspecified atom stereocenters. The highest BCUT2D eigenvalue weighted by molar-refractivity contribution is 7.58. The molecule has 0 aliphatic rings. The van der Waals surface area contributed by atoms with Crippen molar-refractivity contribution in [2.75, 3.05) is 6.54 Å². The summed E-state index contributed by atoms with van der Waals surface area (Å²) >= 11 is 0. The first kappa shape index (κ1) is 27.6. The van der Waals surface area contributed by atoms with Gasteiger partial charge in [-0.15, -0.1) is 0 Å². The van der Waals surface area contributed by atoms with Gasteiger partial charge in [-0.2, -0.15) is 4.89 Å². The molecule has 2 rings (SSSR count). The zero-order valence-corrected chi connectivity index (χ0v) is 17.6. The van der Waals surface area contributed by atoms with Crippen LogP contribution < -0.4 is 16.8 Å². The Hall–Kier alpha value is -2.60. The topological polar surface area (TPSA) is 132 Å². The third-order valence-corrected chi connectivity index (χ3v) is 3.81. The van der Waals surface area contributed by atoms with Crippen molar-refractivity contribution >= 4 is 31.5 Å². The number of primary amides is 1. The van der Waals surface area contributed by atoms with E-state index in [9.17, 15) is 10.1 Å². The summed E-state index contributed by atoms with van der Waals surface area (Å²) in [4.78, 5) is 27.5. The molecule has 28 heavy (non-hydrogen) atoms. The van der Waals surface area contributed by atoms with Gasteiger partial charge in [-0.1, -0.05) is 50.1 Å². The molecular formula is C20H31N3O4P+. The molecule has 1 atom stereocenters. The molecule has 0 spiro atoms. The summed E-state index contributed by atoms with van der Waals surface area (Å²) in [5, 5.41) is 11.2. The van der Waals surface area contributed by atoms with E-state index >= 15 is 0 Å². The minimum absolute atomic E-state index is 0.121. The smallest absolute Gasteiger partial charge is 0.282 e. The molecule has 2 aromatic carbocycles. The lowest BCUT2D eigenvalue weighted by atomic mass is 10.1. The number of non-ortho nitro benzene ring substituents is 1. The predicted octanol–water partition coefficient (Wildman–Crippen LogP) is 3.06. The number of aryl methyl sites for hydroxylation is 1. The molecule has 0 heterocycles. The highest BCUT2D eigenvalue weighted by Crippen LogP contribution is 2.12. The SMILES string of the molecule is C=[P+](O)c1ccc(C)cc1.CCC.NC=O.NCCc1ccc([N+](=O)[O-])cc1. The lowest BCUT2D eigenvalue weighted by molar-refractivity contribution is -0.384. The van der Waals surface area contributed by atoms with Gasteiger partial charge in [-0.05, 0) is 37.6 Å². The average Bonchev–Trinajstić information content (AvgIpc) is 2.65. The maximum Gasteiger partial charge on any atom is 0.282 e. The molecule has 0 aromatic heterocycles. The lowest BCUT2D eigenvalue weighted by Gasteiger charge is -1.96. The van der Waals surface area contributed by atoms with Gasteiger partial charge in [-0.3, -0.25) is 14.9 Å². The van der Waals surface area contributed by atoms with Crippen LogP contribution in [0.5, 0.6) is 0 Å². The van der Waals surface area contributed by atoms with Gasteiger partial charge in [0, 0.05) is 12.1 Å². The molecule has 0 saturated heterocycles. The Morgan fingerprint density at radius 2 is 1.57 bits per heavy atom. The van der Waals surface area contributed by atoms with Crippen molar-refractivity contribution < 1.29 is 14.6 Å². The largest absolute Gasteiger partial charge is 0.372 e. The Balaban J connectivity index is 0. The first-order valence-electron chi connectivity index (χ1n) is 8.72. The van der Waals surface area contributed by atoms with E-state index in [0.717, 1.165) is 17.3 Å².